The lowest BCUT2D eigenvalue weighted by Crippen LogP contribution is -2.47. The summed E-state index contributed by atoms with van der Waals surface area (Å²) >= 11 is 0. The SMILES string of the molecule is COc1ccc(C2=C(c3ccc(CC4CN(CCCF)C4)cc3)c3ccc(C(=O)O)cc3CCC2)c(C(F)(F)F)c1. The Hall–Kier alpha value is -3.65. The zero-order valence-electron chi connectivity index (χ0n) is 22.9. The average molecular weight is 568 g/mol. The molecule has 8 heteroatoms. The Kier molecular flexibility index (Phi) is 8.50. The number of aromatic carboxylic acids is 1. The summed E-state index contributed by atoms with van der Waals surface area (Å²) < 4.78 is 60.6. The molecule has 41 heavy (non-hydrogen) atoms. The first kappa shape index (κ1) is 28.9. The molecule has 0 radical (unpaired) electrons. The number of hydrogen-bond donors (Lipinski definition) is 1. The van der Waals surface area contributed by atoms with E-state index < -0.39 is 17.7 Å². The van der Waals surface area contributed by atoms with Crippen LogP contribution in [0.25, 0.3) is 11.1 Å². The zero-order valence-corrected chi connectivity index (χ0v) is 22.9. The molecule has 1 fully saturated rings. The molecule has 1 saturated heterocycles. The van der Waals surface area contributed by atoms with E-state index in [1.54, 1.807) is 18.2 Å². The number of allylic oxidation sites excluding steroid dienone is 1. The van der Waals surface area contributed by atoms with Crippen molar-refractivity contribution >= 4 is 17.1 Å². The molecule has 0 bridgehead atoms. The highest BCUT2D eigenvalue weighted by Gasteiger charge is 2.36. The van der Waals surface area contributed by atoms with Crippen molar-refractivity contribution in [3.8, 4) is 5.75 Å². The normalized spacial score (nSPS) is 16.2. The number of halogens is 4. The monoisotopic (exact) mass is 567 g/mol. The molecule has 0 saturated carbocycles. The van der Waals surface area contributed by atoms with Gasteiger partial charge in [0.05, 0.1) is 24.9 Å². The largest absolute Gasteiger partial charge is 0.497 e. The summed E-state index contributed by atoms with van der Waals surface area (Å²) in [5.74, 6) is -0.412. The van der Waals surface area contributed by atoms with E-state index in [9.17, 15) is 27.5 Å². The van der Waals surface area contributed by atoms with Crippen LogP contribution in [0.15, 0.2) is 60.7 Å². The molecule has 2 aliphatic rings. The van der Waals surface area contributed by atoms with E-state index in [2.05, 4.69) is 4.90 Å². The van der Waals surface area contributed by atoms with Crippen LogP contribution >= 0.6 is 0 Å². The average Bonchev–Trinajstić information content (AvgIpc) is 3.13. The molecular formula is C33H33F4NO3. The van der Waals surface area contributed by atoms with Crippen LogP contribution in [-0.4, -0.2) is 49.4 Å². The van der Waals surface area contributed by atoms with Gasteiger partial charge >= 0.3 is 12.1 Å². The minimum atomic E-state index is -4.59. The molecule has 5 rings (SSSR count). The lowest BCUT2D eigenvalue weighted by molar-refractivity contribution is -0.137. The summed E-state index contributed by atoms with van der Waals surface area (Å²) in [5, 5.41) is 9.56. The van der Waals surface area contributed by atoms with E-state index in [0.29, 0.717) is 42.7 Å². The minimum absolute atomic E-state index is 0.107. The quantitative estimate of drug-likeness (QED) is 0.272. The number of likely N-dealkylation sites (tertiary alicyclic amines) is 1. The van der Waals surface area contributed by atoms with Gasteiger partial charge in [0.2, 0.25) is 0 Å². The minimum Gasteiger partial charge on any atom is -0.497 e. The van der Waals surface area contributed by atoms with Gasteiger partial charge in [-0.3, -0.25) is 4.39 Å². The first-order valence-corrected chi connectivity index (χ1v) is 13.9. The van der Waals surface area contributed by atoms with E-state index in [1.165, 1.54) is 19.2 Å². The number of carbonyl (C=O) groups is 1. The van der Waals surface area contributed by atoms with Gasteiger partial charge in [0.1, 0.15) is 5.75 Å². The van der Waals surface area contributed by atoms with Crippen LogP contribution < -0.4 is 4.74 Å². The highest BCUT2D eigenvalue weighted by Crippen LogP contribution is 2.45. The van der Waals surface area contributed by atoms with Crippen LogP contribution in [0.1, 0.15) is 63.0 Å². The first-order chi connectivity index (χ1) is 19.7. The molecule has 4 nitrogen and oxygen atoms in total. The van der Waals surface area contributed by atoms with Gasteiger partial charge in [-0.25, -0.2) is 4.79 Å². The topological polar surface area (TPSA) is 49.8 Å². The zero-order chi connectivity index (χ0) is 29.1. The van der Waals surface area contributed by atoms with E-state index >= 15 is 0 Å². The first-order valence-electron chi connectivity index (χ1n) is 13.9. The standard InChI is InChI=1S/C33H33F4NO3/c1-41-26-11-13-28(30(18-26)33(35,36)37)29-5-2-4-24-17-25(32(39)40)10-12-27(24)31(29)23-8-6-21(7-9-23)16-22-19-38(20-22)15-3-14-34/h6-13,17-18,22H,2-5,14-16,19-20H2,1H3,(H,39,40). The van der Waals surface area contributed by atoms with Crippen LogP contribution in [0.3, 0.4) is 0 Å². The Morgan fingerprint density at radius 2 is 1.73 bits per heavy atom. The molecule has 1 aliphatic heterocycles. The summed E-state index contributed by atoms with van der Waals surface area (Å²) in [5.41, 5.74) is 4.27. The second-order valence-electron chi connectivity index (χ2n) is 10.9. The molecule has 0 unspecified atom stereocenters. The fourth-order valence-corrected chi connectivity index (χ4v) is 6.08. The van der Waals surface area contributed by atoms with Gasteiger partial charge in [-0.15, -0.1) is 0 Å². The number of fused-ring (bicyclic) bond motifs is 1. The maximum atomic E-state index is 14.3. The highest BCUT2D eigenvalue weighted by atomic mass is 19.4. The number of aryl methyl sites for hydroxylation is 1. The number of carboxylic acids is 1. The van der Waals surface area contributed by atoms with Crippen LogP contribution in [0.4, 0.5) is 17.6 Å². The second kappa shape index (κ2) is 12.1. The van der Waals surface area contributed by atoms with Crippen molar-refractivity contribution < 1.29 is 32.2 Å². The van der Waals surface area contributed by atoms with Crippen molar-refractivity contribution in [3.63, 3.8) is 0 Å². The molecular weight excluding hydrogens is 534 g/mol. The number of carboxylic acid groups (broad SMARTS) is 1. The molecule has 3 aromatic carbocycles. The molecule has 0 aromatic heterocycles. The van der Waals surface area contributed by atoms with Gasteiger partial charge in [0.15, 0.2) is 0 Å². The Balaban J connectivity index is 1.58. The number of rotatable bonds is 9. The number of nitrogens with zero attached hydrogens (tertiary/aromatic N) is 1. The molecule has 216 valence electrons. The second-order valence-corrected chi connectivity index (χ2v) is 10.9. The summed E-state index contributed by atoms with van der Waals surface area (Å²) in [6, 6.07) is 16.9. The molecule has 0 spiro atoms. The van der Waals surface area contributed by atoms with Crippen molar-refractivity contribution in [1.29, 1.82) is 0 Å². The number of benzene rings is 3. The predicted octanol–water partition coefficient (Wildman–Crippen LogP) is 7.54. The molecule has 1 N–H and O–H groups in total. The number of alkyl halides is 4. The summed E-state index contributed by atoms with van der Waals surface area (Å²) in [4.78, 5) is 13.9. The fraction of sp³-hybridized carbons (Fsp3) is 0.364. The van der Waals surface area contributed by atoms with Crippen LogP contribution in [0.2, 0.25) is 0 Å². The number of hydrogen-bond acceptors (Lipinski definition) is 3. The lowest BCUT2D eigenvalue weighted by Gasteiger charge is -2.39. The number of ether oxygens (including phenoxy) is 1. The highest BCUT2D eigenvalue weighted by molar-refractivity contribution is 6.01. The summed E-state index contributed by atoms with van der Waals surface area (Å²) in [6.07, 6.45) is -1.61. The molecule has 3 aromatic rings. The number of methoxy groups -OCH3 is 1. The van der Waals surface area contributed by atoms with Crippen molar-refractivity contribution in [3.05, 3.63) is 99.6 Å². The van der Waals surface area contributed by atoms with Gasteiger partial charge < -0.3 is 14.7 Å². The van der Waals surface area contributed by atoms with Crippen LogP contribution in [0, 0.1) is 5.92 Å². The Bertz CT molecular complexity index is 1440. The predicted molar refractivity (Wildman–Crippen MR) is 151 cm³/mol. The van der Waals surface area contributed by atoms with E-state index in [4.69, 9.17) is 4.74 Å². The van der Waals surface area contributed by atoms with E-state index in [0.717, 1.165) is 54.4 Å². The fourth-order valence-electron chi connectivity index (χ4n) is 6.08. The van der Waals surface area contributed by atoms with Crippen molar-refractivity contribution in [2.45, 2.75) is 38.3 Å². The Labute approximate surface area is 237 Å². The van der Waals surface area contributed by atoms with Crippen molar-refractivity contribution in [2.75, 3.05) is 33.4 Å². The van der Waals surface area contributed by atoms with E-state index in [1.807, 2.05) is 24.3 Å². The molecule has 0 atom stereocenters. The van der Waals surface area contributed by atoms with E-state index in [-0.39, 0.29) is 23.6 Å². The van der Waals surface area contributed by atoms with Gasteiger partial charge in [0, 0.05) is 19.6 Å². The maximum absolute atomic E-state index is 14.3. The smallest absolute Gasteiger partial charge is 0.417 e. The summed E-state index contributed by atoms with van der Waals surface area (Å²) in [7, 11) is 1.34. The van der Waals surface area contributed by atoms with Gasteiger partial charge in [0.25, 0.3) is 0 Å². The van der Waals surface area contributed by atoms with Crippen LogP contribution in [-0.2, 0) is 19.0 Å². The Morgan fingerprint density at radius 3 is 2.39 bits per heavy atom. The third-order valence-corrected chi connectivity index (χ3v) is 8.06. The van der Waals surface area contributed by atoms with Crippen molar-refractivity contribution in [2.24, 2.45) is 5.92 Å². The third kappa shape index (κ3) is 6.32. The van der Waals surface area contributed by atoms with Crippen molar-refractivity contribution in [1.82, 2.24) is 4.90 Å². The molecule has 1 aliphatic carbocycles. The molecule has 1 heterocycles. The van der Waals surface area contributed by atoms with Gasteiger partial charge in [-0.1, -0.05) is 36.4 Å². The Morgan fingerprint density at radius 1 is 1.00 bits per heavy atom. The van der Waals surface area contributed by atoms with Gasteiger partial charge in [-0.2, -0.15) is 13.2 Å². The maximum Gasteiger partial charge on any atom is 0.417 e. The van der Waals surface area contributed by atoms with Crippen LogP contribution in [0.5, 0.6) is 5.75 Å². The third-order valence-electron chi connectivity index (χ3n) is 8.06. The summed E-state index contributed by atoms with van der Waals surface area (Å²) in [6.45, 7) is 2.35. The van der Waals surface area contributed by atoms with Gasteiger partial charge in [-0.05, 0) is 101 Å². The molecule has 0 amide bonds. The lowest BCUT2D eigenvalue weighted by atomic mass is 9.85.